The average molecular weight is 331 g/mol. The number of H-pyrrole nitrogens is 1. The van der Waals surface area contributed by atoms with Crippen molar-refractivity contribution in [3.63, 3.8) is 0 Å². The van der Waals surface area contributed by atoms with Gasteiger partial charge in [0.05, 0.1) is 24.0 Å². The Morgan fingerprint density at radius 3 is 2.70 bits per heavy atom. The predicted octanol–water partition coefficient (Wildman–Crippen LogP) is 1.63. The van der Waals surface area contributed by atoms with Crippen molar-refractivity contribution in [3.05, 3.63) is 26.6 Å². The van der Waals surface area contributed by atoms with E-state index in [1.54, 1.807) is 11.3 Å². The topological polar surface area (TPSA) is 76.0 Å². The molecule has 0 aliphatic carbocycles. The fourth-order valence-corrected chi connectivity index (χ4v) is 4.03. The van der Waals surface area contributed by atoms with Crippen LogP contribution in [0.1, 0.15) is 23.2 Å². The second-order valence-electron chi connectivity index (χ2n) is 6.09. The summed E-state index contributed by atoms with van der Waals surface area (Å²) in [5.41, 5.74) is 0.994. The molecule has 0 bridgehead atoms. The monoisotopic (exact) mass is 331 g/mol. The number of nitriles is 1. The zero-order valence-corrected chi connectivity index (χ0v) is 14.5. The molecule has 0 saturated carbocycles. The molecule has 0 amide bonds. The molecule has 23 heavy (non-hydrogen) atoms. The molecular weight excluding hydrogens is 310 g/mol. The number of hydrogen-bond donors (Lipinski definition) is 1. The Morgan fingerprint density at radius 2 is 2.04 bits per heavy atom. The van der Waals surface area contributed by atoms with E-state index < -0.39 is 0 Å². The van der Waals surface area contributed by atoms with E-state index in [1.165, 1.54) is 0 Å². The number of aromatic nitrogens is 2. The Bertz CT molecular complexity index is 810. The van der Waals surface area contributed by atoms with Crippen LogP contribution in [0.2, 0.25) is 0 Å². The van der Waals surface area contributed by atoms with Gasteiger partial charge in [0.1, 0.15) is 10.7 Å². The first-order chi connectivity index (χ1) is 11.0. The Hall–Kier alpha value is -1.75. The summed E-state index contributed by atoms with van der Waals surface area (Å²) in [6.45, 7) is 10.1. The van der Waals surface area contributed by atoms with Crippen LogP contribution >= 0.6 is 11.3 Å². The van der Waals surface area contributed by atoms with Crippen LogP contribution < -0.4 is 5.56 Å². The summed E-state index contributed by atoms with van der Waals surface area (Å²) in [5, 5.41) is 9.72. The molecule has 122 valence electrons. The fourth-order valence-electron chi connectivity index (χ4n) is 2.98. The van der Waals surface area contributed by atoms with Crippen LogP contribution in [0.3, 0.4) is 0 Å². The molecule has 1 unspecified atom stereocenters. The fraction of sp³-hybridized carbons (Fsp3) is 0.562. The number of fused-ring (bicyclic) bond motifs is 1. The number of aromatic amines is 1. The van der Waals surface area contributed by atoms with Crippen molar-refractivity contribution in [2.24, 2.45) is 0 Å². The van der Waals surface area contributed by atoms with Gasteiger partial charge in [-0.25, -0.2) is 4.98 Å². The lowest BCUT2D eigenvalue weighted by Crippen LogP contribution is -2.49. The van der Waals surface area contributed by atoms with Gasteiger partial charge in [-0.3, -0.25) is 14.6 Å². The van der Waals surface area contributed by atoms with Gasteiger partial charge in [0.15, 0.2) is 0 Å². The van der Waals surface area contributed by atoms with Crippen molar-refractivity contribution in [1.29, 1.82) is 5.26 Å². The van der Waals surface area contributed by atoms with E-state index in [9.17, 15) is 4.79 Å². The Kier molecular flexibility index (Phi) is 4.48. The van der Waals surface area contributed by atoms with Crippen molar-refractivity contribution in [1.82, 2.24) is 19.8 Å². The summed E-state index contributed by atoms with van der Waals surface area (Å²) < 4.78 is 0. The van der Waals surface area contributed by atoms with Crippen LogP contribution in [0, 0.1) is 25.2 Å². The maximum absolute atomic E-state index is 12.3. The molecule has 3 heterocycles. The third-order valence-electron chi connectivity index (χ3n) is 4.60. The molecule has 2 aromatic heterocycles. The van der Waals surface area contributed by atoms with Crippen LogP contribution in [0.25, 0.3) is 10.2 Å². The normalized spacial score (nSPS) is 18.2. The zero-order chi connectivity index (χ0) is 16.6. The molecule has 2 aromatic rings. The molecule has 6 nitrogen and oxygen atoms in total. The number of nitrogens with zero attached hydrogens (tertiary/aromatic N) is 4. The van der Waals surface area contributed by atoms with Gasteiger partial charge in [-0.05, 0) is 26.3 Å². The third-order valence-corrected chi connectivity index (χ3v) is 5.70. The lowest BCUT2D eigenvalue weighted by atomic mass is 10.2. The second-order valence-corrected chi connectivity index (χ2v) is 7.30. The summed E-state index contributed by atoms with van der Waals surface area (Å²) >= 11 is 1.58. The molecule has 0 radical (unpaired) electrons. The van der Waals surface area contributed by atoms with Crippen LogP contribution in [-0.2, 0) is 6.54 Å². The average Bonchev–Trinajstić information content (AvgIpc) is 2.82. The van der Waals surface area contributed by atoms with E-state index in [-0.39, 0.29) is 11.6 Å². The molecule has 1 aliphatic heterocycles. The van der Waals surface area contributed by atoms with E-state index in [2.05, 4.69) is 25.8 Å². The quantitative estimate of drug-likeness (QED) is 0.925. The van der Waals surface area contributed by atoms with Gasteiger partial charge < -0.3 is 4.98 Å². The molecule has 0 aromatic carbocycles. The molecule has 1 N–H and O–H groups in total. The highest BCUT2D eigenvalue weighted by Gasteiger charge is 2.21. The highest BCUT2D eigenvalue weighted by Crippen LogP contribution is 2.25. The maximum Gasteiger partial charge on any atom is 0.259 e. The smallest absolute Gasteiger partial charge is 0.259 e. The van der Waals surface area contributed by atoms with Crippen molar-refractivity contribution < 1.29 is 0 Å². The highest BCUT2D eigenvalue weighted by atomic mass is 32.1. The van der Waals surface area contributed by atoms with Crippen LogP contribution in [0.5, 0.6) is 0 Å². The number of rotatable bonds is 3. The van der Waals surface area contributed by atoms with Gasteiger partial charge in [0, 0.05) is 31.1 Å². The molecule has 1 atom stereocenters. The molecular formula is C16H21N5OS. The predicted molar refractivity (Wildman–Crippen MR) is 91.6 cm³/mol. The van der Waals surface area contributed by atoms with Gasteiger partial charge in [-0.15, -0.1) is 11.3 Å². The Balaban J connectivity index is 1.74. The van der Waals surface area contributed by atoms with E-state index in [1.807, 2.05) is 20.8 Å². The Morgan fingerprint density at radius 1 is 1.35 bits per heavy atom. The van der Waals surface area contributed by atoms with Gasteiger partial charge in [-0.2, -0.15) is 5.26 Å². The van der Waals surface area contributed by atoms with Gasteiger partial charge in [0.25, 0.3) is 5.56 Å². The Labute approximate surface area is 139 Å². The minimum absolute atomic E-state index is 0.0383. The van der Waals surface area contributed by atoms with Gasteiger partial charge >= 0.3 is 0 Å². The molecule has 1 fully saturated rings. The number of nitrogens with one attached hydrogen (secondary N) is 1. The molecule has 1 aliphatic rings. The summed E-state index contributed by atoms with van der Waals surface area (Å²) in [7, 11) is 0. The first-order valence-electron chi connectivity index (χ1n) is 7.84. The zero-order valence-electron chi connectivity index (χ0n) is 13.7. The van der Waals surface area contributed by atoms with E-state index in [0.717, 1.165) is 52.7 Å². The number of aryl methyl sites for hydroxylation is 2. The van der Waals surface area contributed by atoms with E-state index in [4.69, 9.17) is 5.26 Å². The third kappa shape index (κ3) is 3.15. The van der Waals surface area contributed by atoms with Crippen molar-refractivity contribution >= 4 is 21.6 Å². The summed E-state index contributed by atoms with van der Waals surface area (Å²) in [4.78, 5) is 26.3. The van der Waals surface area contributed by atoms with Gasteiger partial charge in [-0.1, -0.05) is 0 Å². The summed E-state index contributed by atoms with van der Waals surface area (Å²) in [6.07, 6.45) is 0. The minimum Gasteiger partial charge on any atom is -0.309 e. The van der Waals surface area contributed by atoms with Crippen molar-refractivity contribution in [2.75, 3.05) is 26.2 Å². The lowest BCUT2D eigenvalue weighted by Gasteiger charge is -2.35. The number of thiophene rings is 1. The standard InChI is InChI=1S/C16H21N5OS/c1-10(8-17)21-6-4-20(5-7-21)9-13-18-15(22)14-11(2)12(3)23-16(14)19-13/h10H,4-7,9H2,1-3H3,(H,18,19,22). The molecule has 0 spiro atoms. The van der Waals surface area contributed by atoms with Crippen LogP contribution in [0.4, 0.5) is 0 Å². The first-order valence-corrected chi connectivity index (χ1v) is 8.66. The van der Waals surface area contributed by atoms with E-state index in [0.29, 0.717) is 6.54 Å². The number of hydrogen-bond acceptors (Lipinski definition) is 6. The largest absolute Gasteiger partial charge is 0.309 e. The SMILES string of the molecule is Cc1sc2nc(CN3CCN(C(C)C#N)CC3)[nH]c(=O)c2c1C. The molecule has 3 rings (SSSR count). The highest BCUT2D eigenvalue weighted by molar-refractivity contribution is 7.18. The lowest BCUT2D eigenvalue weighted by molar-refractivity contribution is 0.112. The summed E-state index contributed by atoms with van der Waals surface area (Å²) in [6, 6.07) is 2.24. The maximum atomic E-state index is 12.3. The molecule has 1 saturated heterocycles. The van der Waals surface area contributed by atoms with Gasteiger partial charge in [0.2, 0.25) is 0 Å². The molecule has 7 heteroatoms. The van der Waals surface area contributed by atoms with Crippen LogP contribution in [-0.4, -0.2) is 52.0 Å². The van der Waals surface area contributed by atoms with Crippen LogP contribution in [0.15, 0.2) is 4.79 Å². The van der Waals surface area contributed by atoms with Crippen molar-refractivity contribution in [3.8, 4) is 6.07 Å². The van der Waals surface area contributed by atoms with E-state index >= 15 is 0 Å². The van der Waals surface area contributed by atoms with Crippen molar-refractivity contribution in [2.45, 2.75) is 33.4 Å². The minimum atomic E-state index is -0.0384. The summed E-state index contributed by atoms with van der Waals surface area (Å²) in [5.74, 6) is 0.727. The second kappa shape index (κ2) is 6.40. The number of piperazine rings is 1. The first kappa shape index (κ1) is 16.1.